The van der Waals surface area contributed by atoms with Crippen molar-refractivity contribution in [2.24, 2.45) is 0 Å². The fourth-order valence-electron chi connectivity index (χ4n) is 2.92. The molecule has 31 heavy (non-hydrogen) atoms. The second kappa shape index (κ2) is 10.4. The van der Waals surface area contributed by atoms with Crippen LogP contribution in [-0.4, -0.2) is 64.1 Å². The Kier molecular flexibility index (Phi) is 7.61. The molecule has 0 saturated carbocycles. The van der Waals surface area contributed by atoms with E-state index in [1.165, 1.54) is 16.4 Å². The fraction of sp³-hybridized carbons (Fsp3) is 0.333. The normalized spacial score (nSPS) is 14.6. The molecule has 1 amide bonds. The van der Waals surface area contributed by atoms with Gasteiger partial charge in [0.05, 0.1) is 30.3 Å². The Labute approximate surface area is 181 Å². The first-order valence-corrected chi connectivity index (χ1v) is 11.2. The molecule has 2 aromatic rings. The SMILES string of the molecule is CCOC(=O)c1ccc(OCC(=O)Nc2cccc(S(=O)(=O)N3CCOCC3)c2)cc1. The van der Waals surface area contributed by atoms with Crippen LogP contribution in [0.1, 0.15) is 17.3 Å². The molecule has 1 aliphatic heterocycles. The van der Waals surface area contributed by atoms with E-state index >= 15 is 0 Å². The van der Waals surface area contributed by atoms with E-state index in [1.54, 1.807) is 43.3 Å². The average Bonchev–Trinajstić information content (AvgIpc) is 2.79. The van der Waals surface area contributed by atoms with Gasteiger partial charge >= 0.3 is 5.97 Å². The lowest BCUT2D eigenvalue weighted by Gasteiger charge is -2.26. The number of benzene rings is 2. The first-order chi connectivity index (χ1) is 14.9. The molecule has 1 N–H and O–H groups in total. The third-order valence-electron chi connectivity index (χ3n) is 4.46. The summed E-state index contributed by atoms with van der Waals surface area (Å²) in [5, 5.41) is 2.63. The zero-order valence-corrected chi connectivity index (χ0v) is 17.9. The van der Waals surface area contributed by atoms with E-state index in [4.69, 9.17) is 14.2 Å². The van der Waals surface area contributed by atoms with Crippen molar-refractivity contribution in [1.82, 2.24) is 4.31 Å². The highest BCUT2D eigenvalue weighted by molar-refractivity contribution is 7.89. The summed E-state index contributed by atoms with van der Waals surface area (Å²) in [6, 6.07) is 12.3. The standard InChI is InChI=1S/C21H24N2O7S/c1-2-29-21(25)16-6-8-18(9-7-16)30-15-20(24)22-17-4-3-5-19(14-17)31(26,27)23-10-12-28-13-11-23/h3-9,14H,2,10-13,15H2,1H3,(H,22,24). The van der Waals surface area contributed by atoms with Gasteiger partial charge in [0, 0.05) is 18.8 Å². The number of ether oxygens (including phenoxy) is 3. The van der Waals surface area contributed by atoms with E-state index in [0.29, 0.717) is 43.3 Å². The second-order valence-corrected chi connectivity index (χ2v) is 8.56. The highest BCUT2D eigenvalue weighted by Gasteiger charge is 2.26. The number of hydrogen-bond donors (Lipinski definition) is 1. The van der Waals surface area contributed by atoms with E-state index in [1.807, 2.05) is 0 Å². The quantitative estimate of drug-likeness (QED) is 0.614. The summed E-state index contributed by atoms with van der Waals surface area (Å²) in [6.45, 7) is 3.03. The molecule has 1 aliphatic rings. The summed E-state index contributed by atoms with van der Waals surface area (Å²) in [6.07, 6.45) is 0. The van der Waals surface area contributed by atoms with Gasteiger partial charge < -0.3 is 19.5 Å². The number of esters is 1. The summed E-state index contributed by atoms with van der Waals surface area (Å²) < 4.78 is 42.4. The fourth-order valence-corrected chi connectivity index (χ4v) is 4.37. The summed E-state index contributed by atoms with van der Waals surface area (Å²) in [5.41, 5.74) is 0.734. The van der Waals surface area contributed by atoms with Gasteiger partial charge in [-0.05, 0) is 49.4 Å². The summed E-state index contributed by atoms with van der Waals surface area (Å²) in [7, 11) is -3.66. The minimum atomic E-state index is -3.66. The van der Waals surface area contributed by atoms with E-state index in [2.05, 4.69) is 5.32 Å². The number of hydrogen-bond acceptors (Lipinski definition) is 7. The molecule has 1 heterocycles. The number of carbonyl (C=O) groups excluding carboxylic acids is 2. The largest absolute Gasteiger partial charge is 0.484 e. The topological polar surface area (TPSA) is 111 Å². The summed E-state index contributed by atoms with van der Waals surface area (Å²) in [4.78, 5) is 24.0. The van der Waals surface area contributed by atoms with Crippen LogP contribution in [0, 0.1) is 0 Å². The van der Waals surface area contributed by atoms with Crippen molar-refractivity contribution < 1.29 is 32.2 Å². The molecule has 0 aliphatic carbocycles. The van der Waals surface area contributed by atoms with Crippen LogP contribution >= 0.6 is 0 Å². The predicted molar refractivity (Wildman–Crippen MR) is 113 cm³/mol. The average molecular weight is 448 g/mol. The lowest BCUT2D eigenvalue weighted by Crippen LogP contribution is -2.40. The van der Waals surface area contributed by atoms with Gasteiger partial charge in [-0.2, -0.15) is 4.31 Å². The van der Waals surface area contributed by atoms with Crippen LogP contribution in [0.3, 0.4) is 0 Å². The lowest BCUT2D eigenvalue weighted by molar-refractivity contribution is -0.118. The Bertz CT molecular complexity index is 1020. The van der Waals surface area contributed by atoms with E-state index in [0.717, 1.165) is 0 Å². The van der Waals surface area contributed by atoms with Gasteiger partial charge in [0.15, 0.2) is 6.61 Å². The Morgan fingerprint density at radius 2 is 1.81 bits per heavy atom. The maximum atomic E-state index is 12.8. The minimum absolute atomic E-state index is 0.0997. The molecule has 1 fully saturated rings. The monoisotopic (exact) mass is 448 g/mol. The molecule has 0 spiro atoms. The number of sulfonamides is 1. The van der Waals surface area contributed by atoms with Crippen LogP contribution < -0.4 is 10.1 Å². The smallest absolute Gasteiger partial charge is 0.338 e. The summed E-state index contributed by atoms with van der Waals surface area (Å²) >= 11 is 0. The lowest BCUT2D eigenvalue weighted by atomic mass is 10.2. The van der Waals surface area contributed by atoms with Crippen molar-refractivity contribution >= 4 is 27.6 Å². The van der Waals surface area contributed by atoms with Crippen LogP contribution in [0.15, 0.2) is 53.4 Å². The molecule has 1 saturated heterocycles. The van der Waals surface area contributed by atoms with Gasteiger partial charge in [-0.3, -0.25) is 4.79 Å². The molecule has 2 aromatic carbocycles. The van der Waals surface area contributed by atoms with Gasteiger partial charge in [0.2, 0.25) is 10.0 Å². The van der Waals surface area contributed by atoms with Crippen LogP contribution in [-0.2, 0) is 24.3 Å². The molecular weight excluding hydrogens is 424 g/mol. The molecule has 0 aromatic heterocycles. The zero-order chi connectivity index (χ0) is 22.3. The number of carbonyl (C=O) groups is 2. The Morgan fingerprint density at radius 1 is 1.10 bits per heavy atom. The maximum absolute atomic E-state index is 12.8. The van der Waals surface area contributed by atoms with E-state index in [-0.39, 0.29) is 18.1 Å². The molecule has 10 heteroatoms. The Morgan fingerprint density at radius 3 is 2.48 bits per heavy atom. The molecule has 3 rings (SSSR count). The van der Waals surface area contributed by atoms with Gasteiger partial charge in [-0.25, -0.2) is 13.2 Å². The molecule has 0 unspecified atom stereocenters. The number of rotatable bonds is 8. The van der Waals surface area contributed by atoms with Gasteiger partial charge in [-0.1, -0.05) is 6.07 Å². The van der Waals surface area contributed by atoms with E-state index < -0.39 is 21.9 Å². The highest BCUT2D eigenvalue weighted by atomic mass is 32.2. The van der Waals surface area contributed by atoms with Crippen molar-refractivity contribution in [2.45, 2.75) is 11.8 Å². The van der Waals surface area contributed by atoms with Crippen molar-refractivity contribution in [3.63, 3.8) is 0 Å². The van der Waals surface area contributed by atoms with Gasteiger partial charge in [-0.15, -0.1) is 0 Å². The van der Waals surface area contributed by atoms with E-state index in [9.17, 15) is 18.0 Å². The van der Waals surface area contributed by atoms with Gasteiger partial charge in [0.1, 0.15) is 5.75 Å². The number of amides is 1. The predicted octanol–water partition coefficient (Wildman–Crippen LogP) is 1.90. The Balaban J connectivity index is 1.57. The number of nitrogens with one attached hydrogen (secondary N) is 1. The number of nitrogens with zero attached hydrogens (tertiary/aromatic N) is 1. The molecule has 0 radical (unpaired) electrons. The molecule has 0 bridgehead atoms. The summed E-state index contributed by atoms with van der Waals surface area (Å²) in [5.74, 6) is -0.471. The van der Waals surface area contributed by atoms with Crippen molar-refractivity contribution in [1.29, 1.82) is 0 Å². The molecule has 9 nitrogen and oxygen atoms in total. The van der Waals surface area contributed by atoms with Gasteiger partial charge in [0.25, 0.3) is 5.91 Å². The third-order valence-corrected chi connectivity index (χ3v) is 6.36. The molecular formula is C21H24N2O7S. The van der Waals surface area contributed by atoms with Crippen LogP contribution in [0.5, 0.6) is 5.75 Å². The third kappa shape index (κ3) is 6.03. The first kappa shape index (κ1) is 22.7. The number of anilines is 1. The highest BCUT2D eigenvalue weighted by Crippen LogP contribution is 2.21. The first-order valence-electron chi connectivity index (χ1n) is 9.78. The molecule has 0 atom stereocenters. The minimum Gasteiger partial charge on any atom is -0.484 e. The van der Waals surface area contributed by atoms with Crippen molar-refractivity contribution in [3.8, 4) is 5.75 Å². The maximum Gasteiger partial charge on any atom is 0.338 e. The number of morpholine rings is 1. The Hall–Kier alpha value is -2.95. The van der Waals surface area contributed by atoms with Crippen molar-refractivity contribution in [2.75, 3.05) is 44.8 Å². The van der Waals surface area contributed by atoms with Crippen LogP contribution in [0.4, 0.5) is 5.69 Å². The molecule has 166 valence electrons. The van der Waals surface area contributed by atoms with Crippen molar-refractivity contribution in [3.05, 3.63) is 54.1 Å². The zero-order valence-electron chi connectivity index (χ0n) is 17.1. The van der Waals surface area contributed by atoms with Crippen LogP contribution in [0.25, 0.3) is 0 Å². The van der Waals surface area contributed by atoms with Crippen LogP contribution in [0.2, 0.25) is 0 Å². The second-order valence-electron chi connectivity index (χ2n) is 6.63.